The first-order valence-corrected chi connectivity index (χ1v) is 8.44. The molecule has 0 aliphatic rings. The van der Waals surface area contributed by atoms with E-state index in [0.29, 0.717) is 12.4 Å². The Morgan fingerprint density at radius 3 is 2.27 bits per heavy atom. The van der Waals surface area contributed by atoms with Crippen molar-refractivity contribution in [2.24, 2.45) is 10.7 Å². The summed E-state index contributed by atoms with van der Waals surface area (Å²) in [4.78, 5) is 14.3. The van der Waals surface area contributed by atoms with Crippen molar-refractivity contribution in [3.63, 3.8) is 0 Å². The highest BCUT2D eigenvalue weighted by Crippen LogP contribution is 2.19. The van der Waals surface area contributed by atoms with Crippen molar-refractivity contribution in [2.75, 3.05) is 7.11 Å². The zero-order chi connectivity index (χ0) is 18.2. The highest BCUT2D eigenvalue weighted by atomic mass is 16.7. The summed E-state index contributed by atoms with van der Waals surface area (Å²) in [6, 6.07) is 24.1. The molecule has 0 aliphatic heterocycles. The lowest BCUT2D eigenvalue weighted by atomic mass is 10.1. The van der Waals surface area contributed by atoms with E-state index >= 15 is 0 Å². The summed E-state index contributed by atoms with van der Waals surface area (Å²) in [5, 5.41) is 1.55. The molecule has 2 N–H and O–H groups in total. The van der Waals surface area contributed by atoms with Gasteiger partial charge in [-0.05, 0) is 17.2 Å². The number of benzene rings is 2. The lowest BCUT2D eigenvalue weighted by molar-refractivity contribution is -0.0732. The van der Waals surface area contributed by atoms with Crippen LogP contribution in [0.5, 0.6) is 0 Å². The third-order valence-electron chi connectivity index (χ3n) is 3.97. The molecule has 0 bridgehead atoms. The first kappa shape index (κ1) is 17.6. The normalized spacial score (nSPS) is 11.3. The predicted molar refractivity (Wildman–Crippen MR) is 104 cm³/mol. The molecule has 3 rings (SSSR count). The minimum atomic E-state index is 0.268. The number of aromatic nitrogens is 1. The predicted octanol–water partition coefficient (Wildman–Crippen LogP) is 3.68. The van der Waals surface area contributed by atoms with Crippen LogP contribution in [-0.4, -0.2) is 23.1 Å². The van der Waals surface area contributed by atoms with Crippen molar-refractivity contribution in [3.8, 4) is 0 Å². The van der Waals surface area contributed by atoms with Crippen LogP contribution in [0.25, 0.3) is 0 Å². The number of nitrogens with two attached hydrogens (primary N) is 1. The third-order valence-corrected chi connectivity index (χ3v) is 3.97. The van der Waals surface area contributed by atoms with Gasteiger partial charge in [0, 0.05) is 18.2 Å². The number of hydrogen-bond acceptors (Lipinski definition) is 3. The van der Waals surface area contributed by atoms with Gasteiger partial charge in [0.05, 0.1) is 13.7 Å². The monoisotopic (exact) mass is 346 g/mol. The third kappa shape index (κ3) is 4.68. The van der Waals surface area contributed by atoms with Crippen molar-refractivity contribution in [3.05, 3.63) is 95.7 Å². The number of hydroxylamine groups is 2. The van der Waals surface area contributed by atoms with Crippen LogP contribution in [0, 0.1) is 0 Å². The fraction of sp³-hybridized carbons (Fsp3) is 0.143. The molecule has 0 aliphatic carbocycles. The van der Waals surface area contributed by atoms with Crippen molar-refractivity contribution in [1.29, 1.82) is 0 Å². The molecule has 0 radical (unpaired) electrons. The molecule has 0 atom stereocenters. The second-order valence-corrected chi connectivity index (χ2v) is 5.82. The SMILES string of the molecule is CON(Cc1ccccc1)/C(N)=N\c1ncccc1Cc1ccccc1. The Hall–Kier alpha value is -3.18. The van der Waals surface area contributed by atoms with Crippen molar-refractivity contribution >= 4 is 11.8 Å². The molecule has 26 heavy (non-hydrogen) atoms. The number of guanidine groups is 1. The molecular weight excluding hydrogens is 324 g/mol. The number of hydrogen-bond donors (Lipinski definition) is 1. The molecule has 1 aromatic heterocycles. The molecule has 0 amide bonds. The minimum Gasteiger partial charge on any atom is -0.368 e. The Kier molecular flexibility index (Phi) is 5.96. The fourth-order valence-corrected chi connectivity index (χ4v) is 2.64. The maximum absolute atomic E-state index is 6.18. The van der Waals surface area contributed by atoms with Gasteiger partial charge < -0.3 is 5.73 Å². The zero-order valence-electron chi connectivity index (χ0n) is 14.7. The average Bonchev–Trinajstić information content (AvgIpc) is 2.69. The maximum Gasteiger partial charge on any atom is 0.222 e. The Morgan fingerprint density at radius 1 is 0.962 bits per heavy atom. The summed E-state index contributed by atoms with van der Waals surface area (Å²) in [7, 11) is 1.58. The maximum atomic E-state index is 6.18. The van der Waals surface area contributed by atoms with Gasteiger partial charge in [0.25, 0.3) is 0 Å². The number of nitrogens with zero attached hydrogens (tertiary/aromatic N) is 3. The summed E-state index contributed by atoms with van der Waals surface area (Å²) in [6.07, 6.45) is 2.46. The highest BCUT2D eigenvalue weighted by Gasteiger charge is 2.11. The standard InChI is InChI=1S/C21H22N4O/c1-26-25(16-18-11-6-3-7-12-18)21(22)24-20-19(13-8-14-23-20)15-17-9-4-2-5-10-17/h2-14H,15-16H2,1H3,(H2,22,23,24). The number of aliphatic imine (C=N–C) groups is 1. The first-order valence-electron chi connectivity index (χ1n) is 8.44. The molecule has 5 heteroatoms. The summed E-state index contributed by atoms with van der Waals surface area (Å²) in [6.45, 7) is 0.507. The Labute approximate surface area is 153 Å². The molecule has 1 heterocycles. The van der Waals surface area contributed by atoms with Crippen LogP contribution in [0.15, 0.2) is 84.0 Å². The second-order valence-electron chi connectivity index (χ2n) is 5.82. The molecule has 0 saturated heterocycles. The molecule has 2 aromatic carbocycles. The van der Waals surface area contributed by atoms with Crippen LogP contribution in [-0.2, 0) is 17.8 Å². The Balaban J connectivity index is 1.81. The summed E-state index contributed by atoms with van der Waals surface area (Å²) in [5.41, 5.74) is 9.47. The van der Waals surface area contributed by atoms with E-state index in [1.807, 2.05) is 60.7 Å². The van der Waals surface area contributed by atoms with E-state index in [1.54, 1.807) is 18.4 Å². The lowest BCUT2D eigenvalue weighted by Crippen LogP contribution is -2.35. The number of pyridine rings is 1. The highest BCUT2D eigenvalue weighted by molar-refractivity contribution is 5.80. The van der Waals surface area contributed by atoms with Crippen LogP contribution in [0.4, 0.5) is 5.82 Å². The molecule has 0 spiro atoms. The average molecular weight is 346 g/mol. The van der Waals surface area contributed by atoms with Crippen LogP contribution in [0.2, 0.25) is 0 Å². The van der Waals surface area contributed by atoms with Gasteiger partial charge in [-0.2, -0.15) is 4.99 Å². The quantitative estimate of drug-likeness (QED) is 0.420. The zero-order valence-corrected chi connectivity index (χ0v) is 14.7. The Morgan fingerprint density at radius 2 is 1.62 bits per heavy atom. The molecule has 0 unspecified atom stereocenters. The second kappa shape index (κ2) is 8.78. The Bertz CT molecular complexity index is 850. The van der Waals surface area contributed by atoms with E-state index in [-0.39, 0.29) is 5.96 Å². The van der Waals surface area contributed by atoms with Crippen LogP contribution < -0.4 is 5.73 Å². The molecule has 0 saturated carbocycles. The minimum absolute atomic E-state index is 0.268. The summed E-state index contributed by atoms with van der Waals surface area (Å²) >= 11 is 0. The topological polar surface area (TPSA) is 63.7 Å². The molecule has 3 aromatic rings. The summed E-state index contributed by atoms with van der Waals surface area (Å²) in [5.74, 6) is 0.869. The molecular formula is C21H22N4O. The van der Waals surface area contributed by atoms with Gasteiger partial charge in [0.1, 0.15) is 0 Å². The number of rotatable bonds is 6. The molecule has 0 fully saturated rings. The largest absolute Gasteiger partial charge is 0.368 e. The summed E-state index contributed by atoms with van der Waals surface area (Å²) < 4.78 is 0. The molecule has 5 nitrogen and oxygen atoms in total. The first-order chi connectivity index (χ1) is 12.8. The van der Waals surface area contributed by atoms with Crippen LogP contribution >= 0.6 is 0 Å². The van der Waals surface area contributed by atoms with E-state index in [0.717, 1.165) is 17.5 Å². The van der Waals surface area contributed by atoms with E-state index in [1.165, 1.54) is 5.56 Å². The van der Waals surface area contributed by atoms with Gasteiger partial charge in [0.2, 0.25) is 5.96 Å². The fourth-order valence-electron chi connectivity index (χ4n) is 2.64. The van der Waals surface area contributed by atoms with Crippen molar-refractivity contribution in [2.45, 2.75) is 13.0 Å². The van der Waals surface area contributed by atoms with Gasteiger partial charge in [-0.3, -0.25) is 4.84 Å². The van der Waals surface area contributed by atoms with Crippen LogP contribution in [0.1, 0.15) is 16.7 Å². The van der Waals surface area contributed by atoms with Crippen molar-refractivity contribution in [1.82, 2.24) is 10.0 Å². The van der Waals surface area contributed by atoms with Gasteiger partial charge >= 0.3 is 0 Å². The van der Waals surface area contributed by atoms with Crippen LogP contribution in [0.3, 0.4) is 0 Å². The van der Waals surface area contributed by atoms with Gasteiger partial charge in [-0.15, -0.1) is 0 Å². The van der Waals surface area contributed by atoms with Gasteiger partial charge in [-0.25, -0.2) is 10.0 Å². The van der Waals surface area contributed by atoms with E-state index in [4.69, 9.17) is 10.6 Å². The smallest absolute Gasteiger partial charge is 0.222 e. The van der Waals surface area contributed by atoms with E-state index in [9.17, 15) is 0 Å². The van der Waals surface area contributed by atoms with Crippen molar-refractivity contribution < 1.29 is 4.84 Å². The van der Waals surface area contributed by atoms with Gasteiger partial charge in [0.15, 0.2) is 5.82 Å². The lowest BCUT2D eigenvalue weighted by Gasteiger charge is -2.20. The molecule has 132 valence electrons. The van der Waals surface area contributed by atoms with E-state index in [2.05, 4.69) is 22.1 Å². The van der Waals surface area contributed by atoms with Gasteiger partial charge in [-0.1, -0.05) is 66.7 Å². The van der Waals surface area contributed by atoms with E-state index < -0.39 is 0 Å².